The molecule has 4 rings (SSSR count). The average Bonchev–Trinajstić information content (AvgIpc) is 3.12. The molecule has 0 atom stereocenters. The minimum absolute atomic E-state index is 0.330. The predicted molar refractivity (Wildman–Crippen MR) is 78.7 cm³/mol. The van der Waals surface area contributed by atoms with E-state index in [-0.39, 0.29) is 0 Å². The summed E-state index contributed by atoms with van der Waals surface area (Å²) < 4.78 is 39.5. The largest absolute Gasteiger partial charge is 0.416 e. The molecule has 0 unspecified atom stereocenters. The third-order valence-corrected chi connectivity index (χ3v) is 3.77. The SMILES string of the molecule is Cc1nc2[nH]cnc2cc1-c1cc(C(F)(F)F)cc2[nH]ncc12. The Hall–Kier alpha value is -2.90. The first-order valence-electron chi connectivity index (χ1n) is 6.79. The van der Waals surface area contributed by atoms with E-state index in [1.807, 2.05) is 0 Å². The van der Waals surface area contributed by atoms with Crippen LogP contribution in [0.1, 0.15) is 11.3 Å². The van der Waals surface area contributed by atoms with Crippen molar-refractivity contribution in [2.45, 2.75) is 13.1 Å². The Morgan fingerprint density at radius 3 is 2.70 bits per heavy atom. The van der Waals surface area contributed by atoms with Crippen molar-refractivity contribution in [3.63, 3.8) is 0 Å². The standard InChI is InChI=1S/C15H10F3N5/c1-7-9(4-13-14(22-7)20-6-19-13)10-2-8(15(16,17)18)3-12-11(10)5-21-23-12/h2-6H,1H3,(H,21,23)(H,19,20,22). The van der Waals surface area contributed by atoms with E-state index in [9.17, 15) is 13.2 Å². The van der Waals surface area contributed by atoms with Gasteiger partial charge in [0.05, 0.1) is 23.6 Å². The number of pyridine rings is 1. The fraction of sp³-hybridized carbons (Fsp3) is 0.133. The number of aromatic nitrogens is 5. The van der Waals surface area contributed by atoms with Gasteiger partial charge in [-0.3, -0.25) is 5.10 Å². The average molecular weight is 317 g/mol. The van der Waals surface area contributed by atoms with Crippen LogP contribution in [-0.2, 0) is 6.18 Å². The van der Waals surface area contributed by atoms with Gasteiger partial charge in [-0.05, 0) is 30.7 Å². The molecule has 3 aromatic heterocycles. The molecule has 5 nitrogen and oxygen atoms in total. The van der Waals surface area contributed by atoms with Crippen molar-refractivity contribution in [2.24, 2.45) is 0 Å². The third-order valence-electron chi connectivity index (χ3n) is 3.77. The van der Waals surface area contributed by atoms with Gasteiger partial charge in [-0.15, -0.1) is 0 Å². The normalized spacial score (nSPS) is 12.3. The number of fused-ring (bicyclic) bond motifs is 2. The first kappa shape index (κ1) is 13.7. The van der Waals surface area contributed by atoms with Crippen LogP contribution in [0.15, 0.2) is 30.7 Å². The lowest BCUT2D eigenvalue weighted by molar-refractivity contribution is -0.137. The van der Waals surface area contributed by atoms with Crippen LogP contribution in [0.4, 0.5) is 13.2 Å². The highest BCUT2D eigenvalue weighted by atomic mass is 19.4. The molecule has 0 aliphatic carbocycles. The number of nitrogens with one attached hydrogen (secondary N) is 2. The summed E-state index contributed by atoms with van der Waals surface area (Å²) in [6.45, 7) is 1.75. The molecule has 116 valence electrons. The number of imidazole rings is 1. The molecule has 4 aromatic rings. The van der Waals surface area contributed by atoms with Gasteiger partial charge < -0.3 is 4.98 Å². The van der Waals surface area contributed by atoms with Crippen LogP contribution in [0.5, 0.6) is 0 Å². The van der Waals surface area contributed by atoms with E-state index in [4.69, 9.17) is 0 Å². The van der Waals surface area contributed by atoms with E-state index in [1.54, 1.807) is 13.0 Å². The van der Waals surface area contributed by atoms with Gasteiger partial charge in [0.15, 0.2) is 5.65 Å². The first-order chi connectivity index (χ1) is 10.9. The van der Waals surface area contributed by atoms with Crippen LogP contribution >= 0.6 is 0 Å². The summed E-state index contributed by atoms with van der Waals surface area (Å²) >= 11 is 0. The maximum absolute atomic E-state index is 13.2. The fourth-order valence-corrected chi connectivity index (χ4v) is 2.67. The fourth-order valence-electron chi connectivity index (χ4n) is 2.67. The summed E-state index contributed by atoms with van der Waals surface area (Å²) in [6.07, 6.45) is -1.43. The zero-order valence-electron chi connectivity index (χ0n) is 11.9. The van der Waals surface area contributed by atoms with Crippen LogP contribution in [-0.4, -0.2) is 25.1 Å². The summed E-state index contributed by atoms with van der Waals surface area (Å²) in [4.78, 5) is 11.4. The predicted octanol–water partition coefficient (Wildman–Crippen LogP) is 3.83. The summed E-state index contributed by atoms with van der Waals surface area (Å²) in [5.74, 6) is 0. The number of nitrogens with zero attached hydrogens (tertiary/aromatic N) is 3. The van der Waals surface area contributed by atoms with E-state index in [2.05, 4.69) is 25.1 Å². The lowest BCUT2D eigenvalue weighted by Crippen LogP contribution is -2.05. The quantitative estimate of drug-likeness (QED) is 0.560. The van der Waals surface area contributed by atoms with E-state index in [0.717, 1.165) is 12.1 Å². The smallest absolute Gasteiger partial charge is 0.329 e. The van der Waals surface area contributed by atoms with Crippen molar-refractivity contribution in [1.82, 2.24) is 25.1 Å². The van der Waals surface area contributed by atoms with Gasteiger partial charge in [-0.25, -0.2) is 9.97 Å². The number of aryl methyl sites for hydroxylation is 1. The Morgan fingerprint density at radius 2 is 1.91 bits per heavy atom. The van der Waals surface area contributed by atoms with E-state index in [1.165, 1.54) is 12.5 Å². The van der Waals surface area contributed by atoms with E-state index in [0.29, 0.717) is 38.9 Å². The number of aromatic amines is 2. The minimum atomic E-state index is -4.44. The van der Waals surface area contributed by atoms with Gasteiger partial charge in [-0.2, -0.15) is 18.3 Å². The number of rotatable bonds is 1. The van der Waals surface area contributed by atoms with Crippen molar-refractivity contribution < 1.29 is 13.2 Å². The first-order valence-corrected chi connectivity index (χ1v) is 6.79. The highest BCUT2D eigenvalue weighted by molar-refractivity contribution is 5.97. The molecule has 0 spiro atoms. The number of alkyl halides is 3. The van der Waals surface area contributed by atoms with Crippen LogP contribution in [0.3, 0.4) is 0 Å². The van der Waals surface area contributed by atoms with Crippen molar-refractivity contribution in [2.75, 3.05) is 0 Å². The molecular formula is C15H10F3N5. The number of hydrogen-bond donors (Lipinski definition) is 2. The van der Waals surface area contributed by atoms with E-state index >= 15 is 0 Å². The second-order valence-corrected chi connectivity index (χ2v) is 5.24. The van der Waals surface area contributed by atoms with Crippen LogP contribution in [0, 0.1) is 6.92 Å². The zero-order chi connectivity index (χ0) is 16.2. The minimum Gasteiger partial charge on any atom is -0.329 e. The van der Waals surface area contributed by atoms with Gasteiger partial charge >= 0.3 is 6.18 Å². The van der Waals surface area contributed by atoms with Crippen molar-refractivity contribution in [3.05, 3.63) is 42.0 Å². The lowest BCUT2D eigenvalue weighted by atomic mass is 9.98. The molecule has 0 aliphatic rings. The molecule has 0 saturated carbocycles. The highest BCUT2D eigenvalue weighted by Gasteiger charge is 2.32. The van der Waals surface area contributed by atoms with Crippen LogP contribution in [0.25, 0.3) is 33.2 Å². The molecule has 2 N–H and O–H groups in total. The monoisotopic (exact) mass is 317 g/mol. The Kier molecular flexibility index (Phi) is 2.72. The Morgan fingerprint density at radius 1 is 1.09 bits per heavy atom. The Balaban J connectivity index is 2.06. The second kappa shape index (κ2) is 4.55. The Bertz CT molecular complexity index is 1030. The Labute approximate surface area is 127 Å². The maximum atomic E-state index is 13.2. The van der Waals surface area contributed by atoms with Crippen LogP contribution in [0.2, 0.25) is 0 Å². The molecule has 8 heteroatoms. The molecule has 23 heavy (non-hydrogen) atoms. The van der Waals surface area contributed by atoms with Crippen molar-refractivity contribution in [3.8, 4) is 11.1 Å². The number of benzene rings is 1. The van der Waals surface area contributed by atoms with Gasteiger partial charge in [0, 0.05) is 16.6 Å². The second-order valence-electron chi connectivity index (χ2n) is 5.24. The number of halogens is 3. The van der Waals surface area contributed by atoms with Crippen molar-refractivity contribution in [1.29, 1.82) is 0 Å². The molecule has 0 saturated heterocycles. The molecule has 0 bridgehead atoms. The van der Waals surface area contributed by atoms with Gasteiger partial charge in [0.2, 0.25) is 0 Å². The molecule has 0 radical (unpaired) electrons. The summed E-state index contributed by atoms with van der Waals surface area (Å²) in [7, 11) is 0. The molecule has 0 aliphatic heterocycles. The highest BCUT2D eigenvalue weighted by Crippen LogP contribution is 2.37. The molecule has 0 amide bonds. The summed E-state index contributed by atoms with van der Waals surface area (Å²) in [6, 6.07) is 3.91. The zero-order valence-corrected chi connectivity index (χ0v) is 11.9. The molecular weight excluding hydrogens is 307 g/mol. The van der Waals surface area contributed by atoms with Gasteiger partial charge in [0.25, 0.3) is 0 Å². The number of H-pyrrole nitrogens is 2. The third kappa shape index (κ3) is 2.14. The maximum Gasteiger partial charge on any atom is 0.416 e. The topological polar surface area (TPSA) is 70.2 Å². The van der Waals surface area contributed by atoms with Gasteiger partial charge in [0.1, 0.15) is 5.52 Å². The van der Waals surface area contributed by atoms with Crippen molar-refractivity contribution >= 4 is 22.1 Å². The van der Waals surface area contributed by atoms with Gasteiger partial charge in [-0.1, -0.05) is 0 Å². The van der Waals surface area contributed by atoms with Crippen LogP contribution < -0.4 is 0 Å². The lowest BCUT2D eigenvalue weighted by Gasteiger charge is -2.12. The summed E-state index contributed by atoms with van der Waals surface area (Å²) in [5, 5.41) is 7.07. The van der Waals surface area contributed by atoms with E-state index < -0.39 is 11.7 Å². The molecule has 3 heterocycles. The number of hydrogen-bond acceptors (Lipinski definition) is 3. The molecule has 0 fully saturated rings. The molecule has 1 aromatic carbocycles. The summed E-state index contributed by atoms with van der Waals surface area (Å²) in [5.41, 5.74) is 2.44.